The molecule has 0 unspecified atom stereocenters. The molecular formula is C18H19N3O2. The van der Waals surface area contributed by atoms with Gasteiger partial charge in [-0.25, -0.2) is 4.79 Å². The Hall–Kier alpha value is -2.82. The number of anilines is 2. The number of aryl methyl sites for hydroxylation is 2. The Kier molecular flexibility index (Phi) is 4.02. The highest BCUT2D eigenvalue weighted by molar-refractivity contribution is 6.05. The average Bonchev–Trinajstić information content (AvgIpc) is 2.97. The number of para-hydroxylation sites is 1. The van der Waals surface area contributed by atoms with Gasteiger partial charge in [-0.3, -0.25) is 9.69 Å². The Bertz CT molecular complexity index is 733. The Labute approximate surface area is 135 Å². The molecule has 1 aliphatic heterocycles. The minimum absolute atomic E-state index is 0.0993. The molecule has 0 aromatic heterocycles. The summed E-state index contributed by atoms with van der Waals surface area (Å²) in [6, 6.07) is 12.9. The first kappa shape index (κ1) is 15.1. The molecule has 3 rings (SSSR count). The lowest BCUT2D eigenvalue weighted by Crippen LogP contribution is -2.27. The van der Waals surface area contributed by atoms with Crippen molar-refractivity contribution in [3.8, 4) is 0 Å². The molecule has 0 radical (unpaired) electrons. The first-order valence-corrected chi connectivity index (χ1v) is 7.59. The molecule has 1 aliphatic rings. The standard InChI is InChI=1S/C18H19N3O2/c1-12-4-3-5-13(2)16(12)20-17(22)14-6-8-15(9-7-14)21-11-10-19-18(21)23/h3-9H,10-11H2,1-2H3,(H,19,23)(H,20,22). The Balaban J connectivity index is 1.77. The van der Waals surface area contributed by atoms with E-state index in [1.54, 1.807) is 29.2 Å². The van der Waals surface area contributed by atoms with Crippen molar-refractivity contribution in [2.75, 3.05) is 23.3 Å². The number of nitrogens with one attached hydrogen (secondary N) is 2. The fourth-order valence-corrected chi connectivity index (χ4v) is 2.71. The van der Waals surface area contributed by atoms with Gasteiger partial charge in [-0.1, -0.05) is 18.2 Å². The van der Waals surface area contributed by atoms with E-state index in [2.05, 4.69) is 10.6 Å². The maximum absolute atomic E-state index is 12.4. The molecule has 1 heterocycles. The molecule has 23 heavy (non-hydrogen) atoms. The quantitative estimate of drug-likeness (QED) is 0.915. The summed E-state index contributed by atoms with van der Waals surface area (Å²) in [6.45, 7) is 5.23. The van der Waals surface area contributed by atoms with Crippen LogP contribution in [0.4, 0.5) is 16.2 Å². The van der Waals surface area contributed by atoms with Crippen LogP contribution in [0.5, 0.6) is 0 Å². The highest BCUT2D eigenvalue weighted by atomic mass is 16.2. The number of amides is 3. The van der Waals surface area contributed by atoms with Gasteiger partial charge in [0.1, 0.15) is 0 Å². The van der Waals surface area contributed by atoms with E-state index in [-0.39, 0.29) is 11.9 Å². The van der Waals surface area contributed by atoms with Gasteiger partial charge >= 0.3 is 6.03 Å². The summed E-state index contributed by atoms with van der Waals surface area (Å²) in [5.74, 6) is -0.153. The molecule has 2 aromatic rings. The molecule has 1 fully saturated rings. The van der Waals surface area contributed by atoms with Crippen LogP contribution in [0, 0.1) is 13.8 Å². The van der Waals surface area contributed by atoms with Gasteiger partial charge < -0.3 is 10.6 Å². The summed E-state index contributed by atoms with van der Waals surface area (Å²) in [5, 5.41) is 5.72. The highest BCUT2D eigenvalue weighted by Gasteiger charge is 2.21. The first-order valence-electron chi connectivity index (χ1n) is 7.59. The van der Waals surface area contributed by atoms with Crippen LogP contribution >= 0.6 is 0 Å². The van der Waals surface area contributed by atoms with E-state index in [9.17, 15) is 9.59 Å². The maximum atomic E-state index is 12.4. The van der Waals surface area contributed by atoms with Crippen LogP contribution in [0.2, 0.25) is 0 Å². The summed E-state index contributed by atoms with van der Waals surface area (Å²) in [6.07, 6.45) is 0. The van der Waals surface area contributed by atoms with E-state index in [1.807, 2.05) is 32.0 Å². The number of hydrogen-bond donors (Lipinski definition) is 2. The van der Waals surface area contributed by atoms with Gasteiger partial charge in [0, 0.05) is 30.0 Å². The SMILES string of the molecule is Cc1cccc(C)c1NC(=O)c1ccc(N2CCNC2=O)cc1. The van der Waals surface area contributed by atoms with Crippen LogP contribution in [-0.4, -0.2) is 25.0 Å². The fraction of sp³-hybridized carbons (Fsp3) is 0.222. The molecule has 0 saturated carbocycles. The third-order valence-corrected chi connectivity index (χ3v) is 4.02. The number of carbonyl (C=O) groups excluding carboxylic acids is 2. The molecule has 0 bridgehead atoms. The van der Waals surface area contributed by atoms with Gasteiger partial charge in [0.2, 0.25) is 0 Å². The van der Waals surface area contributed by atoms with Crippen molar-refractivity contribution in [1.82, 2.24) is 5.32 Å². The smallest absolute Gasteiger partial charge is 0.321 e. The maximum Gasteiger partial charge on any atom is 0.321 e. The van der Waals surface area contributed by atoms with Gasteiger partial charge in [-0.2, -0.15) is 0 Å². The van der Waals surface area contributed by atoms with E-state index >= 15 is 0 Å². The predicted octanol–water partition coefficient (Wildman–Crippen LogP) is 3.09. The van der Waals surface area contributed by atoms with Crippen LogP contribution in [0.15, 0.2) is 42.5 Å². The summed E-state index contributed by atoms with van der Waals surface area (Å²) >= 11 is 0. The molecule has 0 atom stereocenters. The molecular weight excluding hydrogens is 290 g/mol. The third kappa shape index (κ3) is 3.04. The van der Waals surface area contributed by atoms with Crippen LogP contribution < -0.4 is 15.5 Å². The first-order chi connectivity index (χ1) is 11.1. The number of urea groups is 1. The number of hydrogen-bond acceptors (Lipinski definition) is 2. The van der Waals surface area contributed by atoms with Crippen molar-refractivity contribution in [2.45, 2.75) is 13.8 Å². The van der Waals surface area contributed by atoms with Crippen molar-refractivity contribution in [1.29, 1.82) is 0 Å². The zero-order valence-corrected chi connectivity index (χ0v) is 13.2. The molecule has 0 spiro atoms. The zero-order valence-electron chi connectivity index (χ0n) is 13.2. The molecule has 0 aliphatic carbocycles. The average molecular weight is 309 g/mol. The summed E-state index contributed by atoms with van der Waals surface area (Å²) in [4.78, 5) is 25.7. The lowest BCUT2D eigenvalue weighted by Gasteiger charge is -2.15. The van der Waals surface area contributed by atoms with Gasteiger partial charge in [0.25, 0.3) is 5.91 Å². The minimum atomic E-state index is -0.153. The van der Waals surface area contributed by atoms with E-state index in [1.165, 1.54) is 0 Å². The van der Waals surface area contributed by atoms with E-state index in [4.69, 9.17) is 0 Å². The van der Waals surface area contributed by atoms with Gasteiger partial charge in [-0.05, 0) is 49.2 Å². The third-order valence-electron chi connectivity index (χ3n) is 4.02. The Morgan fingerprint density at radius 2 is 1.74 bits per heavy atom. The number of benzene rings is 2. The van der Waals surface area contributed by atoms with E-state index in [0.29, 0.717) is 18.7 Å². The van der Waals surface area contributed by atoms with Crippen molar-refractivity contribution < 1.29 is 9.59 Å². The predicted molar refractivity (Wildman–Crippen MR) is 91.1 cm³/mol. The minimum Gasteiger partial charge on any atom is -0.336 e. The largest absolute Gasteiger partial charge is 0.336 e. The normalized spacial score (nSPS) is 13.8. The lowest BCUT2D eigenvalue weighted by molar-refractivity contribution is 0.102. The van der Waals surface area contributed by atoms with Crippen molar-refractivity contribution in [3.05, 3.63) is 59.2 Å². The Morgan fingerprint density at radius 3 is 2.30 bits per heavy atom. The second kappa shape index (κ2) is 6.12. The molecule has 2 aromatic carbocycles. The van der Waals surface area contributed by atoms with Gasteiger partial charge in [0.15, 0.2) is 0 Å². The highest BCUT2D eigenvalue weighted by Crippen LogP contribution is 2.21. The number of carbonyl (C=O) groups is 2. The second-order valence-corrected chi connectivity index (χ2v) is 5.65. The molecule has 5 heteroatoms. The number of nitrogens with zero attached hydrogens (tertiary/aromatic N) is 1. The topological polar surface area (TPSA) is 61.4 Å². The molecule has 3 amide bonds. The van der Waals surface area contributed by atoms with Crippen LogP contribution in [0.1, 0.15) is 21.5 Å². The number of rotatable bonds is 3. The van der Waals surface area contributed by atoms with Crippen LogP contribution in [0.25, 0.3) is 0 Å². The van der Waals surface area contributed by atoms with Gasteiger partial charge in [-0.15, -0.1) is 0 Å². The van der Waals surface area contributed by atoms with E-state index in [0.717, 1.165) is 22.5 Å². The monoisotopic (exact) mass is 309 g/mol. The van der Waals surface area contributed by atoms with Crippen LogP contribution in [0.3, 0.4) is 0 Å². The molecule has 5 nitrogen and oxygen atoms in total. The van der Waals surface area contributed by atoms with E-state index < -0.39 is 0 Å². The van der Waals surface area contributed by atoms with Gasteiger partial charge in [0.05, 0.1) is 0 Å². The summed E-state index contributed by atoms with van der Waals surface area (Å²) < 4.78 is 0. The fourth-order valence-electron chi connectivity index (χ4n) is 2.71. The molecule has 118 valence electrons. The summed E-state index contributed by atoms with van der Waals surface area (Å²) in [7, 11) is 0. The van der Waals surface area contributed by atoms with Crippen LogP contribution in [-0.2, 0) is 0 Å². The lowest BCUT2D eigenvalue weighted by atomic mass is 10.1. The summed E-state index contributed by atoms with van der Waals surface area (Å²) in [5.41, 5.74) is 4.27. The van der Waals surface area contributed by atoms with Crippen molar-refractivity contribution in [2.24, 2.45) is 0 Å². The molecule has 1 saturated heterocycles. The van der Waals surface area contributed by atoms with Crippen molar-refractivity contribution >= 4 is 23.3 Å². The Morgan fingerprint density at radius 1 is 1.09 bits per heavy atom. The zero-order chi connectivity index (χ0) is 16.4. The van der Waals surface area contributed by atoms with Crippen molar-refractivity contribution in [3.63, 3.8) is 0 Å². The second-order valence-electron chi connectivity index (χ2n) is 5.65. The molecule has 2 N–H and O–H groups in total.